The Morgan fingerprint density at radius 3 is 2.36 bits per heavy atom. The van der Waals surface area contributed by atoms with Gasteiger partial charge in [-0.05, 0) is 6.92 Å². The molecule has 1 unspecified atom stereocenters. The maximum Gasteiger partial charge on any atom is 0.422 e. The lowest BCUT2D eigenvalue weighted by Crippen LogP contribution is -2.39. The van der Waals surface area contributed by atoms with Gasteiger partial charge in [-0.1, -0.05) is 0 Å². The molecular formula is C6H8F3NO4. The molecule has 0 radical (unpaired) electrons. The Morgan fingerprint density at radius 1 is 1.50 bits per heavy atom. The smallest absolute Gasteiger partial charge is 0.422 e. The quantitative estimate of drug-likeness (QED) is 0.728. The summed E-state index contributed by atoms with van der Waals surface area (Å²) in [4.78, 5) is 20.7. The van der Waals surface area contributed by atoms with Gasteiger partial charge in [0.15, 0.2) is 6.61 Å². The van der Waals surface area contributed by atoms with E-state index >= 15 is 0 Å². The first kappa shape index (κ1) is 12.5. The highest BCUT2D eigenvalue weighted by molar-refractivity contribution is 5.79. The lowest BCUT2D eigenvalue weighted by molar-refractivity contribution is -0.160. The fourth-order valence-electron chi connectivity index (χ4n) is 0.428. The predicted molar refractivity (Wildman–Crippen MR) is 37.6 cm³/mol. The van der Waals surface area contributed by atoms with Crippen LogP contribution in [0.3, 0.4) is 0 Å². The van der Waals surface area contributed by atoms with Crippen LogP contribution in [0.15, 0.2) is 0 Å². The zero-order valence-electron chi connectivity index (χ0n) is 7.09. The number of halogens is 3. The number of alkyl halides is 3. The zero-order valence-corrected chi connectivity index (χ0v) is 7.09. The summed E-state index contributed by atoms with van der Waals surface area (Å²) < 4.78 is 38.2. The summed E-state index contributed by atoms with van der Waals surface area (Å²) in [7, 11) is 0. The van der Waals surface area contributed by atoms with E-state index in [1.165, 1.54) is 0 Å². The Hall–Kier alpha value is -1.47. The molecule has 14 heavy (non-hydrogen) atoms. The van der Waals surface area contributed by atoms with Gasteiger partial charge in [-0.25, -0.2) is 4.79 Å². The summed E-state index contributed by atoms with van der Waals surface area (Å²) in [6.45, 7) is -0.650. The fraction of sp³-hybridized carbons (Fsp3) is 0.667. The van der Waals surface area contributed by atoms with E-state index in [0.29, 0.717) is 0 Å². The maximum absolute atomic E-state index is 11.5. The Kier molecular flexibility index (Phi) is 4.19. The van der Waals surface area contributed by atoms with Gasteiger partial charge in [0.2, 0.25) is 0 Å². The molecule has 0 aromatic rings. The first-order valence-electron chi connectivity index (χ1n) is 3.45. The minimum absolute atomic E-state index is 1.09. The van der Waals surface area contributed by atoms with Crippen molar-refractivity contribution in [1.82, 2.24) is 5.32 Å². The van der Waals surface area contributed by atoms with Crippen molar-refractivity contribution in [3.8, 4) is 0 Å². The molecule has 0 saturated heterocycles. The molecule has 0 aliphatic heterocycles. The van der Waals surface area contributed by atoms with E-state index in [2.05, 4.69) is 4.74 Å². The van der Waals surface area contributed by atoms with E-state index in [0.717, 1.165) is 6.92 Å². The second-order valence-corrected chi connectivity index (χ2v) is 2.40. The summed E-state index contributed by atoms with van der Waals surface area (Å²) in [5, 5.41) is 9.96. The van der Waals surface area contributed by atoms with Gasteiger partial charge in [-0.3, -0.25) is 4.79 Å². The molecule has 0 aliphatic carbocycles. The lowest BCUT2D eigenvalue weighted by Gasteiger charge is -2.11. The normalized spacial score (nSPS) is 13.1. The van der Waals surface area contributed by atoms with Gasteiger partial charge in [0.1, 0.15) is 6.04 Å². The number of nitrogens with one attached hydrogen (secondary N) is 1. The number of rotatable bonds is 3. The van der Waals surface area contributed by atoms with Crippen LogP contribution in [-0.2, 0) is 9.53 Å². The second-order valence-electron chi connectivity index (χ2n) is 2.40. The Balaban J connectivity index is 3.83. The van der Waals surface area contributed by atoms with Crippen molar-refractivity contribution >= 4 is 12.1 Å². The SMILES string of the molecule is CC(NC(=O)OCC(F)(F)F)C(=O)O. The van der Waals surface area contributed by atoms with Crippen LogP contribution in [0.1, 0.15) is 6.92 Å². The van der Waals surface area contributed by atoms with Crippen molar-refractivity contribution in [2.75, 3.05) is 6.61 Å². The minimum atomic E-state index is -4.62. The van der Waals surface area contributed by atoms with E-state index in [1.54, 1.807) is 5.32 Å². The van der Waals surface area contributed by atoms with E-state index in [4.69, 9.17) is 5.11 Å². The number of carboxylic acid groups (broad SMARTS) is 1. The van der Waals surface area contributed by atoms with Gasteiger partial charge in [-0.15, -0.1) is 0 Å². The molecule has 1 amide bonds. The number of amides is 1. The molecule has 0 aromatic heterocycles. The molecule has 8 heteroatoms. The molecule has 82 valence electrons. The zero-order chi connectivity index (χ0) is 11.4. The van der Waals surface area contributed by atoms with Crippen molar-refractivity contribution in [2.24, 2.45) is 0 Å². The van der Waals surface area contributed by atoms with E-state index in [1.807, 2.05) is 0 Å². The second kappa shape index (κ2) is 4.68. The maximum atomic E-state index is 11.5. The molecule has 0 spiro atoms. The van der Waals surface area contributed by atoms with Crippen LogP contribution < -0.4 is 5.32 Å². The summed E-state index contributed by atoms with van der Waals surface area (Å²) in [6.07, 6.45) is -6.04. The number of carbonyl (C=O) groups is 2. The van der Waals surface area contributed by atoms with Crippen LogP contribution >= 0.6 is 0 Å². The first-order valence-corrected chi connectivity index (χ1v) is 3.45. The number of alkyl carbamates (subject to hydrolysis) is 1. The number of carbonyl (C=O) groups excluding carboxylic acids is 1. The molecule has 0 aromatic carbocycles. The molecule has 0 fully saturated rings. The number of aliphatic carboxylic acids is 1. The molecule has 0 bridgehead atoms. The molecule has 1 atom stereocenters. The summed E-state index contributed by atoms with van der Waals surface area (Å²) >= 11 is 0. The van der Waals surface area contributed by atoms with Crippen molar-refractivity contribution < 1.29 is 32.6 Å². The van der Waals surface area contributed by atoms with Gasteiger partial charge in [-0.2, -0.15) is 13.2 Å². The topological polar surface area (TPSA) is 75.6 Å². The fourth-order valence-corrected chi connectivity index (χ4v) is 0.428. The first-order chi connectivity index (χ1) is 6.22. The summed E-state index contributed by atoms with van der Waals surface area (Å²) in [5.41, 5.74) is 0. The number of carboxylic acids is 1. The molecule has 5 nitrogen and oxygen atoms in total. The van der Waals surface area contributed by atoms with Gasteiger partial charge in [0, 0.05) is 0 Å². The van der Waals surface area contributed by atoms with Crippen LogP contribution in [0, 0.1) is 0 Å². The van der Waals surface area contributed by atoms with Gasteiger partial charge in [0.25, 0.3) is 0 Å². The number of ether oxygens (including phenoxy) is 1. The number of hydrogen-bond acceptors (Lipinski definition) is 3. The Bertz CT molecular complexity index is 228. The van der Waals surface area contributed by atoms with Gasteiger partial charge >= 0.3 is 18.2 Å². The van der Waals surface area contributed by atoms with Crippen molar-refractivity contribution in [1.29, 1.82) is 0 Å². The third kappa shape index (κ3) is 6.09. The largest absolute Gasteiger partial charge is 0.480 e. The highest BCUT2D eigenvalue weighted by Gasteiger charge is 2.30. The highest BCUT2D eigenvalue weighted by Crippen LogP contribution is 2.14. The molecule has 0 aliphatic rings. The lowest BCUT2D eigenvalue weighted by atomic mass is 10.4. The molecule has 0 heterocycles. The monoisotopic (exact) mass is 215 g/mol. The molecule has 2 N–H and O–H groups in total. The van der Waals surface area contributed by atoms with Crippen LogP contribution in [0.25, 0.3) is 0 Å². The van der Waals surface area contributed by atoms with Gasteiger partial charge in [0.05, 0.1) is 0 Å². The molecule has 0 saturated carbocycles. The molecule has 0 rings (SSSR count). The van der Waals surface area contributed by atoms with Crippen LogP contribution in [-0.4, -0.2) is 36.0 Å². The van der Waals surface area contributed by atoms with E-state index in [-0.39, 0.29) is 0 Å². The third-order valence-electron chi connectivity index (χ3n) is 1.07. The summed E-state index contributed by atoms with van der Waals surface area (Å²) in [5.74, 6) is -1.37. The van der Waals surface area contributed by atoms with Crippen molar-refractivity contribution in [3.63, 3.8) is 0 Å². The van der Waals surface area contributed by atoms with Crippen LogP contribution in [0.4, 0.5) is 18.0 Å². The van der Waals surface area contributed by atoms with Crippen molar-refractivity contribution in [2.45, 2.75) is 19.1 Å². The highest BCUT2D eigenvalue weighted by atomic mass is 19.4. The molecular weight excluding hydrogens is 207 g/mol. The average molecular weight is 215 g/mol. The Morgan fingerprint density at radius 2 is 2.00 bits per heavy atom. The van der Waals surface area contributed by atoms with E-state index < -0.39 is 30.9 Å². The van der Waals surface area contributed by atoms with Crippen LogP contribution in [0.5, 0.6) is 0 Å². The van der Waals surface area contributed by atoms with Crippen LogP contribution in [0.2, 0.25) is 0 Å². The third-order valence-corrected chi connectivity index (χ3v) is 1.07. The average Bonchev–Trinajstić information content (AvgIpc) is 1.99. The van der Waals surface area contributed by atoms with Crippen molar-refractivity contribution in [3.05, 3.63) is 0 Å². The van der Waals surface area contributed by atoms with Gasteiger partial charge < -0.3 is 15.2 Å². The predicted octanol–water partition coefficient (Wildman–Crippen LogP) is 0.748. The number of hydrogen-bond donors (Lipinski definition) is 2. The minimum Gasteiger partial charge on any atom is -0.480 e. The standard InChI is InChI=1S/C6H8F3NO4/c1-3(4(11)12)10-5(13)14-2-6(7,8)9/h3H,2H2,1H3,(H,10,13)(H,11,12). The Labute approximate surface area is 76.8 Å². The summed E-state index contributed by atoms with van der Waals surface area (Å²) in [6, 6.07) is -1.30. The van der Waals surface area contributed by atoms with E-state index in [9.17, 15) is 22.8 Å².